The molecule has 3 rings (SSSR count). The van der Waals surface area contributed by atoms with E-state index < -0.39 is 0 Å². The lowest BCUT2D eigenvalue weighted by molar-refractivity contribution is -0.124. The van der Waals surface area contributed by atoms with Crippen molar-refractivity contribution < 1.29 is 4.79 Å². The molecule has 2 heteroatoms. The summed E-state index contributed by atoms with van der Waals surface area (Å²) in [5, 5.41) is 0. The van der Waals surface area contributed by atoms with Crippen molar-refractivity contribution in [3.63, 3.8) is 0 Å². The predicted molar refractivity (Wildman–Crippen MR) is 94.3 cm³/mol. The van der Waals surface area contributed by atoms with E-state index in [1.165, 1.54) is 35.9 Å². The van der Waals surface area contributed by atoms with Gasteiger partial charge in [-0.05, 0) is 35.3 Å². The van der Waals surface area contributed by atoms with Crippen LogP contribution in [0.2, 0.25) is 6.32 Å². The van der Waals surface area contributed by atoms with Crippen molar-refractivity contribution in [2.45, 2.75) is 76.9 Å². The summed E-state index contributed by atoms with van der Waals surface area (Å²) in [5.74, 6) is 1.19. The fourth-order valence-corrected chi connectivity index (χ4v) is 4.13. The van der Waals surface area contributed by atoms with Crippen LogP contribution in [-0.4, -0.2) is 13.1 Å². The van der Waals surface area contributed by atoms with E-state index in [1.807, 2.05) is 0 Å². The maximum Gasteiger partial charge on any atom is 0.152 e. The van der Waals surface area contributed by atoms with Crippen molar-refractivity contribution in [1.82, 2.24) is 0 Å². The lowest BCUT2D eigenvalue weighted by Gasteiger charge is -2.24. The molecule has 1 aromatic rings. The molecule has 0 aromatic heterocycles. The van der Waals surface area contributed by atoms with Crippen LogP contribution in [0.25, 0.3) is 0 Å². The van der Waals surface area contributed by atoms with Gasteiger partial charge in [-0.3, -0.25) is 4.79 Å². The molecule has 1 aromatic carbocycles. The summed E-state index contributed by atoms with van der Waals surface area (Å²) in [5.41, 5.74) is 4.44. The van der Waals surface area contributed by atoms with E-state index in [1.54, 1.807) is 0 Å². The molecule has 0 N–H and O–H groups in total. The smallest absolute Gasteiger partial charge is 0.152 e. The van der Waals surface area contributed by atoms with Gasteiger partial charge in [-0.2, -0.15) is 0 Å². The second-order valence-corrected chi connectivity index (χ2v) is 8.05. The molecule has 0 saturated heterocycles. The van der Waals surface area contributed by atoms with Crippen molar-refractivity contribution in [3.8, 4) is 0 Å². The highest BCUT2D eigenvalue weighted by atomic mass is 16.1. The fraction of sp³-hybridized carbons (Fsp3) is 0.650. The highest BCUT2D eigenvalue weighted by molar-refractivity contribution is 6.56. The van der Waals surface area contributed by atoms with E-state index >= 15 is 0 Å². The minimum Gasteiger partial charge on any atom is -0.299 e. The predicted octanol–water partition coefficient (Wildman–Crippen LogP) is 4.37. The number of carbonyl (C=O) groups is 1. The van der Waals surface area contributed by atoms with Crippen LogP contribution in [0.1, 0.15) is 76.3 Å². The van der Waals surface area contributed by atoms with Gasteiger partial charge < -0.3 is 0 Å². The number of hydrogen-bond acceptors (Lipinski definition) is 1. The van der Waals surface area contributed by atoms with Gasteiger partial charge in [0, 0.05) is 12.3 Å². The summed E-state index contributed by atoms with van der Waals surface area (Å²) in [6.07, 6.45) is 7.89. The Balaban J connectivity index is 1.70. The zero-order chi connectivity index (χ0) is 15.7. The Hall–Kier alpha value is -1.05. The van der Waals surface area contributed by atoms with Crippen LogP contribution in [-0.2, 0) is 10.2 Å². The lowest BCUT2D eigenvalue weighted by Crippen LogP contribution is -2.20. The Labute approximate surface area is 136 Å². The first-order valence-corrected chi connectivity index (χ1v) is 8.98. The topological polar surface area (TPSA) is 17.1 Å². The average Bonchev–Trinajstić information content (AvgIpc) is 2.83. The molecule has 0 amide bonds. The summed E-state index contributed by atoms with van der Waals surface area (Å²) in [6.45, 7) is 6.85. The number of benzene rings is 1. The van der Waals surface area contributed by atoms with Gasteiger partial charge in [0.25, 0.3) is 0 Å². The van der Waals surface area contributed by atoms with Crippen LogP contribution < -0.4 is 5.46 Å². The molecule has 117 valence electrons. The maximum atomic E-state index is 12.5. The Morgan fingerprint density at radius 2 is 2.00 bits per heavy atom. The van der Waals surface area contributed by atoms with E-state index in [0.29, 0.717) is 24.0 Å². The van der Waals surface area contributed by atoms with Gasteiger partial charge in [-0.15, -0.1) is 0 Å². The summed E-state index contributed by atoms with van der Waals surface area (Å²) in [4.78, 5) is 12.5. The number of hydrogen-bond donors (Lipinski definition) is 0. The number of carbonyl (C=O) groups excluding carboxylic acids is 1. The summed E-state index contributed by atoms with van der Waals surface area (Å²) in [7, 11) is 2.34. The van der Waals surface area contributed by atoms with Crippen LogP contribution in [0.5, 0.6) is 0 Å². The van der Waals surface area contributed by atoms with Gasteiger partial charge in [0.1, 0.15) is 5.78 Å². The second kappa shape index (κ2) is 6.22. The normalized spacial score (nSPS) is 22.0. The van der Waals surface area contributed by atoms with Crippen molar-refractivity contribution in [2.75, 3.05) is 0 Å². The second-order valence-electron chi connectivity index (χ2n) is 8.05. The molecular formula is C20H28BO. The summed E-state index contributed by atoms with van der Waals surface area (Å²) >= 11 is 0. The van der Waals surface area contributed by atoms with Crippen LogP contribution in [0.15, 0.2) is 18.2 Å². The number of ketones is 1. The third kappa shape index (κ3) is 3.16. The average molecular weight is 295 g/mol. The van der Waals surface area contributed by atoms with Gasteiger partial charge in [0.05, 0.1) is 0 Å². The minimum atomic E-state index is 0.248. The fourth-order valence-electron chi connectivity index (χ4n) is 4.13. The Morgan fingerprint density at radius 3 is 2.73 bits per heavy atom. The van der Waals surface area contributed by atoms with Crippen molar-refractivity contribution >= 4 is 18.5 Å². The van der Waals surface area contributed by atoms with Gasteiger partial charge in [0.15, 0.2) is 7.28 Å². The van der Waals surface area contributed by atoms with Crippen LogP contribution in [0.3, 0.4) is 0 Å². The molecule has 1 radical (unpaired) electrons. The maximum absolute atomic E-state index is 12.5. The van der Waals surface area contributed by atoms with Gasteiger partial charge in [-0.25, -0.2) is 0 Å². The molecule has 1 aliphatic carbocycles. The van der Waals surface area contributed by atoms with Crippen molar-refractivity contribution in [1.29, 1.82) is 0 Å². The molecule has 1 nitrogen and oxygen atoms in total. The summed E-state index contributed by atoms with van der Waals surface area (Å²) in [6, 6.07) is 6.84. The van der Waals surface area contributed by atoms with Crippen LogP contribution in [0, 0.1) is 5.92 Å². The van der Waals surface area contributed by atoms with Crippen molar-refractivity contribution in [2.24, 2.45) is 5.92 Å². The van der Waals surface area contributed by atoms with Gasteiger partial charge in [-0.1, -0.05) is 70.0 Å². The molecular weight excluding hydrogens is 267 g/mol. The molecule has 1 fully saturated rings. The molecule has 0 bridgehead atoms. The van der Waals surface area contributed by atoms with Gasteiger partial charge in [0.2, 0.25) is 0 Å². The molecule has 22 heavy (non-hydrogen) atoms. The van der Waals surface area contributed by atoms with Gasteiger partial charge >= 0.3 is 0 Å². The third-order valence-electron chi connectivity index (χ3n) is 5.78. The van der Waals surface area contributed by atoms with Crippen molar-refractivity contribution in [3.05, 3.63) is 29.3 Å². The zero-order valence-corrected chi connectivity index (χ0v) is 14.3. The van der Waals surface area contributed by atoms with Crippen LogP contribution >= 0.6 is 0 Å². The highest BCUT2D eigenvalue weighted by Gasteiger charge is 2.31. The van der Waals surface area contributed by atoms with E-state index in [-0.39, 0.29) is 5.41 Å². The van der Waals surface area contributed by atoms with E-state index in [0.717, 1.165) is 19.2 Å². The number of fused-ring (bicyclic) bond motifs is 1. The molecule has 1 heterocycles. The van der Waals surface area contributed by atoms with E-state index in [4.69, 9.17) is 0 Å². The minimum absolute atomic E-state index is 0.248. The monoisotopic (exact) mass is 295 g/mol. The molecule has 0 spiro atoms. The molecule has 1 unspecified atom stereocenters. The summed E-state index contributed by atoms with van der Waals surface area (Å²) < 4.78 is 0. The quantitative estimate of drug-likeness (QED) is 0.754. The molecule has 2 aliphatic rings. The standard InChI is InChI=1S/C20H28BO/c1-14(11-19(22)15-7-5-4-6-8-15)16-9-10-18-17(12-16)20(2,3)13-21-18/h9-10,12,14-15H,4-8,11,13H2,1-3H3. The van der Waals surface area contributed by atoms with E-state index in [2.05, 4.69) is 46.2 Å². The Bertz CT molecular complexity index is 555. The molecule has 1 aliphatic heterocycles. The zero-order valence-electron chi connectivity index (χ0n) is 14.3. The molecule has 1 atom stereocenters. The number of Topliss-reactive ketones (excluding diaryl/α,β-unsaturated/α-hetero) is 1. The van der Waals surface area contributed by atoms with Crippen LogP contribution in [0.4, 0.5) is 0 Å². The Morgan fingerprint density at radius 1 is 1.27 bits per heavy atom. The number of rotatable bonds is 4. The largest absolute Gasteiger partial charge is 0.299 e. The first kappa shape index (κ1) is 15.8. The first-order chi connectivity index (χ1) is 10.5. The molecule has 1 saturated carbocycles. The van der Waals surface area contributed by atoms with E-state index in [9.17, 15) is 4.79 Å². The Kier molecular flexibility index (Phi) is 4.48. The first-order valence-electron chi connectivity index (χ1n) is 8.98. The highest BCUT2D eigenvalue weighted by Crippen LogP contribution is 2.34. The SMILES string of the molecule is CC(CC(=O)C1CCCCC1)c1ccc2c(c1)C(C)(C)C[B]2. The third-order valence-corrected chi connectivity index (χ3v) is 5.78. The lowest BCUT2D eigenvalue weighted by atomic mass is 9.69.